The van der Waals surface area contributed by atoms with E-state index in [0.717, 1.165) is 41.0 Å². The fraction of sp³-hybridized carbons (Fsp3) is 0.250. The predicted octanol–water partition coefficient (Wildman–Crippen LogP) is 2.85. The molecule has 0 aliphatic heterocycles. The van der Waals surface area contributed by atoms with Crippen molar-refractivity contribution in [1.82, 2.24) is 15.0 Å². The van der Waals surface area contributed by atoms with Crippen LogP contribution in [-0.2, 0) is 17.6 Å². The molecule has 5 nitrogen and oxygen atoms in total. The molecule has 0 unspecified atom stereocenters. The summed E-state index contributed by atoms with van der Waals surface area (Å²) in [7, 11) is 1.68. The first kappa shape index (κ1) is 16.9. The minimum Gasteiger partial charge on any atom is -0.383 e. The van der Waals surface area contributed by atoms with Gasteiger partial charge >= 0.3 is 0 Å². The summed E-state index contributed by atoms with van der Waals surface area (Å²) in [5.74, 6) is 4.25. The van der Waals surface area contributed by atoms with Gasteiger partial charge in [-0.25, -0.2) is 9.97 Å². The second kappa shape index (κ2) is 8.22. The number of rotatable bonds is 7. The van der Waals surface area contributed by atoms with Crippen LogP contribution >= 0.6 is 0 Å². The molecule has 0 atom stereocenters. The summed E-state index contributed by atoms with van der Waals surface area (Å²) in [5, 5.41) is 4.25. The fourth-order valence-electron chi connectivity index (χ4n) is 2.59. The predicted molar refractivity (Wildman–Crippen MR) is 99.5 cm³/mol. The largest absolute Gasteiger partial charge is 0.383 e. The lowest BCUT2D eigenvalue weighted by Crippen LogP contribution is -2.11. The van der Waals surface area contributed by atoms with Crippen LogP contribution in [0.25, 0.3) is 10.9 Å². The van der Waals surface area contributed by atoms with Crippen molar-refractivity contribution in [2.24, 2.45) is 0 Å². The number of aryl methyl sites for hydroxylation is 2. The first-order valence-electron chi connectivity index (χ1n) is 8.19. The second-order valence-corrected chi connectivity index (χ2v) is 5.65. The molecule has 2 aromatic heterocycles. The van der Waals surface area contributed by atoms with Crippen LogP contribution in [-0.4, -0.2) is 35.2 Å². The van der Waals surface area contributed by atoms with Crippen LogP contribution in [0.2, 0.25) is 0 Å². The van der Waals surface area contributed by atoms with E-state index in [4.69, 9.17) is 16.1 Å². The third kappa shape index (κ3) is 4.31. The maximum Gasteiger partial charge on any atom is 0.137 e. The molecule has 0 radical (unpaired) electrons. The minimum absolute atomic E-state index is 0.603. The summed E-state index contributed by atoms with van der Waals surface area (Å²) in [5.41, 5.74) is 2.87. The number of nitrogens with zero attached hydrogens (tertiary/aromatic N) is 3. The van der Waals surface area contributed by atoms with Crippen molar-refractivity contribution in [1.29, 1.82) is 0 Å². The maximum atomic E-state index is 5.52. The Bertz CT molecular complexity index is 887. The van der Waals surface area contributed by atoms with Crippen molar-refractivity contribution in [3.05, 3.63) is 59.7 Å². The average molecular weight is 332 g/mol. The van der Waals surface area contributed by atoms with E-state index in [1.54, 1.807) is 13.3 Å². The van der Waals surface area contributed by atoms with Crippen LogP contribution in [0.5, 0.6) is 0 Å². The van der Waals surface area contributed by atoms with Crippen molar-refractivity contribution in [2.75, 3.05) is 25.6 Å². The molecule has 0 fully saturated rings. The highest BCUT2D eigenvalue weighted by Crippen LogP contribution is 2.22. The van der Waals surface area contributed by atoms with Gasteiger partial charge in [-0.2, -0.15) is 0 Å². The molecule has 5 heteroatoms. The van der Waals surface area contributed by atoms with Crippen LogP contribution in [0.15, 0.2) is 42.7 Å². The number of fused-ring (bicyclic) bond motifs is 1. The Balaban J connectivity index is 1.89. The molecular formula is C20H20N4O. The van der Waals surface area contributed by atoms with E-state index in [9.17, 15) is 0 Å². The normalized spacial score (nSPS) is 10.6. The Morgan fingerprint density at radius 3 is 2.88 bits per heavy atom. The Labute approximate surface area is 147 Å². The zero-order valence-corrected chi connectivity index (χ0v) is 14.2. The number of hydrogen-bond acceptors (Lipinski definition) is 5. The summed E-state index contributed by atoms with van der Waals surface area (Å²) < 4.78 is 5.11. The third-order valence-corrected chi connectivity index (χ3v) is 3.87. The van der Waals surface area contributed by atoms with Crippen molar-refractivity contribution in [3.8, 4) is 12.3 Å². The van der Waals surface area contributed by atoms with Gasteiger partial charge in [-0.1, -0.05) is 12.0 Å². The molecule has 3 rings (SSSR count). The lowest BCUT2D eigenvalue weighted by molar-refractivity contribution is 0.210. The third-order valence-electron chi connectivity index (χ3n) is 3.87. The molecule has 0 bridgehead atoms. The Morgan fingerprint density at radius 2 is 2.12 bits per heavy atom. The number of pyridine rings is 1. The first-order valence-corrected chi connectivity index (χ1v) is 8.19. The highest BCUT2D eigenvalue weighted by Gasteiger charge is 2.09. The first-order chi connectivity index (χ1) is 12.3. The summed E-state index contributed by atoms with van der Waals surface area (Å²) in [6.07, 6.45) is 10.8. The van der Waals surface area contributed by atoms with Gasteiger partial charge < -0.3 is 10.1 Å². The zero-order valence-electron chi connectivity index (χ0n) is 14.2. The molecule has 126 valence electrons. The molecule has 1 aromatic carbocycles. The van der Waals surface area contributed by atoms with E-state index in [0.29, 0.717) is 13.2 Å². The molecule has 0 aliphatic carbocycles. The van der Waals surface area contributed by atoms with Crippen LogP contribution in [0.4, 0.5) is 5.82 Å². The molecule has 0 amide bonds. The van der Waals surface area contributed by atoms with E-state index in [-0.39, 0.29) is 0 Å². The summed E-state index contributed by atoms with van der Waals surface area (Å²) in [4.78, 5) is 13.5. The smallest absolute Gasteiger partial charge is 0.137 e. The number of aromatic nitrogens is 3. The van der Waals surface area contributed by atoms with E-state index in [1.165, 1.54) is 5.56 Å². The van der Waals surface area contributed by atoms with Gasteiger partial charge in [0.2, 0.25) is 0 Å². The van der Waals surface area contributed by atoms with Crippen molar-refractivity contribution >= 4 is 16.7 Å². The minimum atomic E-state index is 0.603. The van der Waals surface area contributed by atoms with Crippen molar-refractivity contribution in [3.63, 3.8) is 0 Å². The number of terminal acetylenes is 1. The van der Waals surface area contributed by atoms with Gasteiger partial charge in [0.15, 0.2) is 0 Å². The standard InChI is InChI=1S/C20H20N4O/c1-3-15-6-8-18-17(13-15)20(22-11-12-25-2)24-19(23-18)9-7-16-5-4-10-21-14-16/h1,4-6,8,10,13-14H,7,9,11-12H2,2H3,(H,22,23,24). The quantitative estimate of drug-likeness (QED) is 0.532. The maximum absolute atomic E-state index is 5.52. The number of nitrogens with one attached hydrogen (secondary N) is 1. The van der Waals surface area contributed by atoms with Gasteiger partial charge in [0.05, 0.1) is 12.1 Å². The van der Waals surface area contributed by atoms with E-state index in [1.807, 2.05) is 30.5 Å². The number of hydrogen-bond donors (Lipinski definition) is 1. The van der Waals surface area contributed by atoms with Gasteiger partial charge in [0.25, 0.3) is 0 Å². The van der Waals surface area contributed by atoms with Gasteiger partial charge in [0.1, 0.15) is 11.6 Å². The lowest BCUT2D eigenvalue weighted by Gasteiger charge is -2.11. The summed E-state index contributed by atoms with van der Waals surface area (Å²) >= 11 is 0. The molecule has 0 saturated carbocycles. The highest BCUT2D eigenvalue weighted by molar-refractivity contribution is 5.90. The van der Waals surface area contributed by atoms with Gasteiger partial charge in [-0.05, 0) is 36.2 Å². The van der Waals surface area contributed by atoms with Crippen LogP contribution < -0.4 is 5.32 Å². The molecular weight excluding hydrogens is 312 g/mol. The molecule has 25 heavy (non-hydrogen) atoms. The number of ether oxygens (including phenoxy) is 1. The monoisotopic (exact) mass is 332 g/mol. The van der Waals surface area contributed by atoms with Crippen molar-refractivity contribution < 1.29 is 4.74 Å². The van der Waals surface area contributed by atoms with Gasteiger partial charge in [-0.3, -0.25) is 4.98 Å². The van der Waals surface area contributed by atoms with Crippen LogP contribution in [0.3, 0.4) is 0 Å². The average Bonchev–Trinajstić information content (AvgIpc) is 2.67. The van der Waals surface area contributed by atoms with E-state index >= 15 is 0 Å². The van der Waals surface area contributed by atoms with Crippen LogP contribution in [0, 0.1) is 12.3 Å². The number of benzene rings is 1. The molecule has 3 aromatic rings. The molecule has 1 N–H and O–H groups in total. The Hall–Kier alpha value is -2.97. The van der Waals surface area contributed by atoms with Gasteiger partial charge in [-0.15, -0.1) is 6.42 Å². The number of anilines is 1. The van der Waals surface area contributed by atoms with Gasteiger partial charge in [0, 0.05) is 43.4 Å². The Kier molecular flexibility index (Phi) is 5.55. The van der Waals surface area contributed by atoms with Crippen LogP contribution in [0.1, 0.15) is 17.0 Å². The molecule has 0 aliphatic rings. The summed E-state index contributed by atoms with van der Waals surface area (Å²) in [6, 6.07) is 9.79. The zero-order chi connectivity index (χ0) is 17.5. The second-order valence-electron chi connectivity index (χ2n) is 5.65. The Morgan fingerprint density at radius 1 is 1.20 bits per heavy atom. The fourth-order valence-corrected chi connectivity index (χ4v) is 2.59. The topological polar surface area (TPSA) is 59.9 Å². The van der Waals surface area contributed by atoms with E-state index < -0.39 is 0 Å². The molecule has 0 spiro atoms. The summed E-state index contributed by atoms with van der Waals surface area (Å²) in [6.45, 7) is 1.27. The SMILES string of the molecule is C#Cc1ccc2nc(CCc3cccnc3)nc(NCCOC)c2c1. The van der Waals surface area contributed by atoms with E-state index in [2.05, 4.69) is 27.3 Å². The highest BCUT2D eigenvalue weighted by atomic mass is 16.5. The lowest BCUT2D eigenvalue weighted by atomic mass is 10.1. The number of methoxy groups -OCH3 is 1. The molecule has 0 saturated heterocycles. The van der Waals surface area contributed by atoms with Crippen molar-refractivity contribution in [2.45, 2.75) is 12.8 Å². The molecule has 2 heterocycles.